The molecule has 4 N–H and O–H groups in total. The summed E-state index contributed by atoms with van der Waals surface area (Å²) in [5.41, 5.74) is -2.99. The quantitative estimate of drug-likeness (QED) is 0.246. The van der Waals surface area contributed by atoms with Crippen molar-refractivity contribution in [3.05, 3.63) is 64.7 Å². The first-order valence-electron chi connectivity index (χ1n) is 13.1. The number of Topliss-reactive ketones (excluding diaryl/α,β-unsaturated/α-hetero) is 1. The first-order valence-corrected chi connectivity index (χ1v) is 13.1. The molecule has 2 aliphatic rings. The summed E-state index contributed by atoms with van der Waals surface area (Å²) in [4.78, 5) is 64.1. The number of hydrogen-bond acceptors (Lipinski definition) is 5. The summed E-state index contributed by atoms with van der Waals surface area (Å²) in [6.07, 6.45) is -6.35. The highest BCUT2D eigenvalue weighted by atomic mass is 19.4. The minimum absolute atomic E-state index is 0.187. The molecular formula is C28H27F5N4O5. The summed E-state index contributed by atoms with van der Waals surface area (Å²) >= 11 is 0. The fraction of sp³-hybridized carbons (Fsp3) is 0.393. The van der Waals surface area contributed by atoms with Gasteiger partial charge in [-0.05, 0) is 62.9 Å². The van der Waals surface area contributed by atoms with Gasteiger partial charge >= 0.3 is 6.18 Å². The molecule has 0 spiro atoms. The minimum atomic E-state index is -4.73. The van der Waals surface area contributed by atoms with Crippen LogP contribution in [0, 0.1) is 5.92 Å². The number of halogens is 5. The van der Waals surface area contributed by atoms with Gasteiger partial charge in [0.15, 0.2) is 0 Å². The van der Waals surface area contributed by atoms with Crippen LogP contribution in [0.15, 0.2) is 42.5 Å². The van der Waals surface area contributed by atoms with Crippen LogP contribution in [-0.2, 0) is 20.6 Å². The van der Waals surface area contributed by atoms with Gasteiger partial charge in [0.25, 0.3) is 24.1 Å². The first-order chi connectivity index (χ1) is 19.7. The average molecular weight is 595 g/mol. The van der Waals surface area contributed by atoms with Crippen LogP contribution in [0.5, 0.6) is 0 Å². The van der Waals surface area contributed by atoms with E-state index in [2.05, 4.69) is 21.3 Å². The van der Waals surface area contributed by atoms with E-state index < -0.39 is 70.3 Å². The SMILES string of the molecule is C[C@@H]1C[C@@H](C[C@H](NC(=O)c2cc(C(F)F)ccc2NC(=O)c2cccc(C(F)(F)F)c2)C(=O)C(=O)NC2CC2)C(=O)N1. The molecule has 1 saturated heterocycles. The molecule has 14 heteroatoms. The van der Waals surface area contributed by atoms with E-state index in [4.69, 9.17) is 0 Å². The smallest absolute Gasteiger partial charge is 0.353 e. The lowest BCUT2D eigenvalue weighted by Gasteiger charge is -2.21. The summed E-state index contributed by atoms with van der Waals surface area (Å²) in [6.45, 7) is 1.74. The molecule has 42 heavy (non-hydrogen) atoms. The maximum Gasteiger partial charge on any atom is 0.416 e. The zero-order valence-electron chi connectivity index (χ0n) is 22.2. The van der Waals surface area contributed by atoms with E-state index in [1.54, 1.807) is 6.92 Å². The van der Waals surface area contributed by atoms with Crippen molar-refractivity contribution in [1.82, 2.24) is 16.0 Å². The normalized spacial score (nSPS) is 19.2. The molecule has 9 nitrogen and oxygen atoms in total. The maximum atomic E-state index is 13.5. The molecule has 0 unspecified atom stereocenters. The van der Waals surface area contributed by atoms with Gasteiger partial charge in [0.2, 0.25) is 11.7 Å². The number of alkyl halides is 5. The number of carbonyl (C=O) groups excluding carboxylic acids is 5. The lowest BCUT2D eigenvalue weighted by atomic mass is 9.93. The van der Waals surface area contributed by atoms with Crippen molar-refractivity contribution in [3.63, 3.8) is 0 Å². The van der Waals surface area contributed by atoms with Crippen molar-refractivity contribution in [2.75, 3.05) is 5.32 Å². The predicted octanol–water partition coefficient (Wildman–Crippen LogP) is 3.76. The van der Waals surface area contributed by atoms with Crippen molar-refractivity contribution in [2.24, 2.45) is 5.92 Å². The molecule has 1 saturated carbocycles. The van der Waals surface area contributed by atoms with E-state index in [-0.39, 0.29) is 30.1 Å². The zero-order valence-corrected chi connectivity index (χ0v) is 22.2. The molecule has 2 fully saturated rings. The van der Waals surface area contributed by atoms with Crippen LogP contribution < -0.4 is 21.3 Å². The predicted molar refractivity (Wildman–Crippen MR) is 139 cm³/mol. The van der Waals surface area contributed by atoms with Crippen LogP contribution in [0.1, 0.15) is 70.9 Å². The molecule has 2 aromatic rings. The van der Waals surface area contributed by atoms with Crippen LogP contribution in [0.4, 0.5) is 27.6 Å². The van der Waals surface area contributed by atoms with Gasteiger partial charge in [0, 0.05) is 29.1 Å². The number of anilines is 1. The van der Waals surface area contributed by atoms with Crippen LogP contribution in [0.2, 0.25) is 0 Å². The first kappa shape index (κ1) is 30.6. The van der Waals surface area contributed by atoms with Gasteiger partial charge in [0.1, 0.15) is 0 Å². The second-order valence-corrected chi connectivity index (χ2v) is 10.4. The van der Waals surface area contributed by atoms with E-state index in [0.29, 0.717) is 25.3 Å². The summed E-state index contributed by atoms with van der Waals surface area (Å²) in [5.74, 6) is -5.31. The molecule has 3 atom stereocenters. The lowest BCUT2D eigenvalue weighted by Crippen LogP contribution is -2.49. The van der Waals surface area contributed by atoms with Crippen LogP contribution in [0.25, 0.3) is 0 Å². The Morgan fingerprint density at radius 1 is 1.02 bits per heavy atom. The molecule has 4 rings (SSSR count). The number of nitrogens with one attached hydrogen (secondary N) is 4. The molecule has 1 aliphatic heterocycles. The molecule has 0 aromatic heterocycles. The van der Waals surface area contributed by atoms with Crippen LogP contribution >= 0.6 is 0 Å². The molecule has 0 bridgehead atoms. The highest BCUT2D eigenvalue weighted by Crippen LogP contribution is 2.30. The molecule has 1 aliphatic carbocycles. The largest absolute Gasteiger partial charge is 0.416 e. The molecule has 1 heterocycles. The van der Waals surface area contributed by atoms with Crippen molar-refractivity contribution in [1.29, 1.82) is 0 Å². The number of carbonyl (C=O) groups is 5. The van der Waals surface area contributed by atoms with E-state index >= 15 is 0 Å². The van der Waals surface area contributed by atoms with E-state index in [1.807, 2.05) is 0 Å². The van der Waals surface area contributed by atoms with E-state index in [1.165, 1.54) is 0 Å². The lowest BCUT2D eigenvalue weighted by molar-refractivity contribution is -0.139. The van der Waals surface area contributed by atoms with Gasteiger partial charge in [-0.2, -0.15) is 13.2 Å². The maximum absolute atomic E-state index is 13.5. The van der Waals surface area contributed by atoms with Crippen molar-refractivity contribution in [3.8, 4) is 0 Å². The number of rotatable bonds is 10. The Kier molecular flexibility index (Phi) is 8.92. The number of ketones is 1. The fourth-order valence-electron chi connectivity index (χ4n) is 4.58. The monoisotopic (exact) mass is 594 g/mol. The Morgan fingerprint density at radius 3 is 2.33 bits per heavy atom. The van der Waals surface area contributed by atoms with Gasteiger partial charge in [-0.1, -0.05) is 12.1 Å². The number of amides is 4. The summed E-state index contributed by atoms with van der Waals surface area (Å²) < 4.78 is 66.4. The molecule has 4 amide bonds. The minimum Gasteiger partial charge on any atom is -0.353 e. The Morgan fingerprint density at radius 2 is 1.74 bits per heavy atom. The van der Waals surface area contributed by atoms with Gasteiger partial charge < -0.3 is 21.3 Å². The third kappa shape index (κ3) is 7.47. The summed E-state index contributed by atoms with van der Waals surface area (Å²) in [7, 11) is 0. The Balaban J connectivity index is 1.61. The second kappa shape index (κ2) is 12.2. The molecular weight excluding hydrogens is 567 g/mol. The van der Waals surface area contributed by atoms with Gasteiger partial charge in [0.05, 0.1) is 22.9 Å². The van der Waals surface area contributed by atoms with Gasteiger partial charge in [-0.15, -0.1) is 0 Å². The fourth-order valence-corrected chi connectivity index (χ4v) is 4.58. The van der Waals surface area contributed by atoms with Crippen LogP contribution in [-0.4, -0.2) is 47.5 Å². The topological polar surface area (TPSA) is 133 Å². The average Bonchev–Trinajstić information content (AvgIpc) is 3.69. The zero-order chi connectivity index (χ0) is 30.8. The Bertz CT molecular complexity index is 1410. The van der Waals surface area contributed by atoms with Crippen molar-refractivity contribution < 1.29 is 45.9 Å². The van der Waals surface area contributed by atoms with Crippen molar-refractivity contribution in [2.45, 2.75) is 63.3 Å². The van der Waals surface area contributed by atoms with E-state index in [9.17, 15) is 45.9 Å². The highest BCUT2D eigenvalue weighted by Gasteiger charge is 2.38. The highest BCUT2D eigenvalue weighted by molar-refractivity contribution is 6.38. The molecule has 0 radical (unpaired) electrons. The standard InChI is InChI=1S/C28H27F5N4O5/c1-13-9-16(25(40)34-13)12-21(22(38)27(42)35-18-6-7-18)37-26(41)19-11-14(23(29)30)5-8-20(19)36-24(39)15-3-2-4-17(10-15)28(31,32)33/h2-5,8,10-11,13,16,18,21,23H,6-7,9,12H2,1H3,(H,34,40)(H,35,42)(H,36,39)(H,37,41)/t13-,16+,21+/m1/s1. The number of hydrogen-bond donors (Lipinski definition) is 4. The summed E-state index contributed by atoms with van der Waals surface area (Å²) in [5, 5.41) is 9.79. The Hall–Kier alpha value is -4.36. The third-order valence-corrected chi connectivity index (χ3v) is 6.92. The van der Waals surface area contributed by atoms with Crippen LogP contribution in [0.3, 0.4) is 0 Å². The molecule has 2 aromatic carbocycles. The third-order valence-electron chi connectivity index (χ3n) is 6.92. The van der Waals surface area contributed by atoms with Gasteiger partial charge in [-0.25, -0.2) is 8.78 Å². The number of benzene rings is 2. The second-order valence-electron chi connectivity index (χ2n) is 10.4. The van der Waals surface area contributed by atoms with E-state index in [0.717, 1.165) is 36.4 Å². The Labute approximate surface area is 236 Å². The van der Waals surface area contributed by atoms with Crippen molar-refractivity contribution >= 4 is 35.1 Å². The molecule has 224 valence electrons. The summed E-state index contributed by atoms with van der Waals surface area (Å²) in [6, 6.07) is 4.19. The van der Waals surface area contributed by atoms with Gasteiger partial charge in [-0.3, -0.25) is 24.0 Å².